The third-order valence-electron chi connectivity index (χ3n) is 5.03. The fourth-order valence-electron chi connectivity index (χ4n) is 3.49. The molecule has 0 radical (unpaired) electrons. The highest BCUT2D eigenvalue weighted by Crippen LogP contribution is 2.34. The van der Waals surface area contributed by atoms with E-state index in [1.807, 2.05) is 36.1 Å². The molecule has 3 rings (SSSR count). The Hall–Kier alpha value is -3.14. The van der Waals surface area contributed by atoms with Crippen LogP contribution in [0.4, 0.5) is 23.0 Å². The molecule has 0 aliphatic carbocycles. The van der Waals surface area contributed by atoms with Crippen LogP contribution in [0.25, 0.3) is 0 Å². The third kappa shape index (κ3) is 4.48. The quantitative estimate of drug-likeness (QED) is 0.519. The molecule has 1 N–H and O–H groups in total. The molecule has 0 atom stereocenters. The fraction of sp³-hybridized carbons (Fsp3) is 0.474. The zero-order valence-corrected chi connectivity index (χ0v) is 16.7. The van der Waals surface area contributed by atoms with Gasteiger partial charge in [0.15, 0.2) is 0 Å². The van der Waals surface area contributed by atoms with E-state index in [0.29, 0.717) is 25.5 Å². The summed E-state index contributed by atoms with van der Waals surface area (Å²) in [6.07, 6.45) is 1.35. The highest BCUT2D eigenvalue weighted by Gasteiger charge is 2.31. The number of nitrogens with zero attached hydrogens (tertiary/aromatic N) is 6. The van der Waals surface area contributed by atoms with Crippen LogP contribution in [0.15, 0.2) is 30.6 Å². The standard InChI is InChI=1S/C19H26N6O4/c1-3-22(12-13-26)18-17(25(27)28)19(21-14-20-18)24-10-8-23(9-11-24)15-4-6-16(29-2)7-5-15/h4-7,14,26H,3,8-13H2,1-2H3. The van der Waals surface area contributed by atoms with E-state index in [4.69, 9.17) is 4.74 Å². The summed E-state index contributed by atoms with van der Waals surface area (Å²) in [6, 6.07) is 7.86. The summed E-state index contributed by atoms with van der Waals surface area (Å²) in [6.45, 7) is 5.20. The number of anilines is 3. The van der Waals surface area contributed by atoms with Crippen molar-refractivity contribution in [3.8, 4) is 5.75 Å². The van der Waals surface area contributed by atoms with E-state index in [0.717, 1.165) is 24.5 Å². The molecule has 0 bridgehead atoms. The smallest absolute Gasteiger partial charge is 0.353 e. The summed E-state index contributed by atoms with van der Waals surface area (Å²) in [5, 5.41) is 21.1. The minimum atomic E-state index is -0.430. The highest BCUT2D eigenvalue weighted by molar-refractivity contribution is 5.71. The Labute approximate surface area is 169 Å². The minimum absolute atomic E-state index is 0.106. The molecule has 1 aromatic heterocycles. The summed E-state index contributed by atoms with van der Waals surface area (Å²) >= 11 is 0. The van der Waals surface area contributed by atoms with Gasteiger partial charge in [0.05, 0.1) is 18.6 Å². The molecule has 1 aliphatic rings. The van der Waals surface area contributed by atoms with Crippen LogP contribution in [0.1, 0.15) is 6.92 Å². The number of aliphatic hydroxyl groups excluding tert-OH is 1. The van der Waals surface area contributed by atoms with Crippen molar-refractivity contribution >= 4 is 23.0 Å². The summed E-state index contributed by atoms with van der Waals surface area (Å²) < 4.78 is 5.20. The number of ether oxygens (including phenoxy) is 1. The van der Waals surface area contributed by atoms with Gasteiger partial charge in [-0.2, -0.15) is 0 Å². The largest absolute Gasteiger partial charge is 0.497 e. The first-order valence-electron chi connectivity index (χ1n) is 9.58. The van der Waals surface area contributed by atoms with Crippen LogP contribution in [0.5, 0.6) is 5.75 Å². The van der Waals surface area contributed by atoms with Crippen LogP contribution in [-0.4, -0.2) is 73.0 Å². The molecule has 1 aromatic carbocycles. The van der Waals surface area contributed by atoms with E-state index >= 15 is 0 Å². The summed E-state index contributed by atoms with van der Waals surface area (Å²) in [7, 11) is 1.64. The van der Waals surface area contributed by atoms with Crippen molar-refractivity contribution in [3.05, 3.63) is 40.7 Å². The molecule has 1 saturated heterocycles. The SMILES string of the molecule is CCN(CCO)c1ncnc(N2CCN(c3ccc(OC)cc3)CC2)c1[N+](=O)[O-]. The number of hydrogen-bond donors (Lipinski definition) is 1. The lowest BCUT2D eigenvalue weighted by atomic mass is 10.2. The van der Waals surface area contributed by atoms with Crippen LogP contribution in [0.2, 0.25) is 0 Å². The highest BCUT2D eigenvalue weighted by atomic mass is 16.6. The van der Waals surface area contributed by atoms with E-state index in [1.54, 1.807) is 12.0 Å². The van der Waals surface area contributed by atoms with Gasteiger partial charge in [-0.05, 0) is 31.2 Å². The van der Waals surface area contributed by atoms with Gasteiger partial charge in [0, 0.05) is 45.0 Å². The van der Waals surface area contributed by atoms with E-state index in [9.17, 15) is 15.2 Å². The lowest BCUT2D eigenvalue weighted by Crippen LogP contribution is -2.47. The predicted octanol–water partition coefficient (Wildman–Crippen LogP) is 1.54. The zero-order valence-electron chi connectivity index (χ0n) is 16.7. The predicted molar refractivity (Wildman–Crippen MR) is 111 cm³/mol. The first kappa shape index (κ1) is 20.6. The molecule has 10 nitrogen and oxygen atoms in total. The Balaban J connectivity index is 1.80. The number of aliphatic hydroxyl groups is 1. The molecule has 0 amide bonds. The summed E-state index contributed by atoms with van der Waals surface area (Å²) in [5.41, 5.74) is 0.976. The van der Waals surface area contributed by atoms with Crippen LogP contribution in [0, 0.1) is 10.1 Å². The first-order chi connectivity index (χ1) is 14.1. The molecule has 2 aromatic rings. The topological polar surface area (TPSA) is 108 Å². The second-order valence-electron chi connectivity index (χ2n) is 6.60. The number of likely N-dealkylation sites (N-methyl/N-ethyl adjacent to an activating group) is 1. The Morgan fingerprint density at radius 2 is 1.83 bits per heavy atom. The van der Waals surface area contributed by atoms with Crippen molar-refractivity contribution in [2.75, 3.05) is 67.7 Å². The van der Waals surface area contributed by atoms with Crippen molar-refractivity contribution in [2.45, 2.75) is 6.92 Å². The lowest BCUT2D eigenvalue weighted by molar-refractivity contribution is -0.383. The molecule has 1 fully saturated rings. The van der Waals surface area contributed by atoms with Crippen LogP contribution < -0.4 is 19.4 Å². The van der Waals surface area contributed by atoms with Crippen molar-refractivity contribution in [1.82, 2.24) is 9.97 Å². The van der Waals surface area contributed by atoms with Crippen LogP contribution in [0.3, 0.4) is 0 Å². The number of aromatic nitrogens is 2. The Kier molecular flexibility index (Phi) is 6.65. The van der Waals surface area contributed by atoms with Gasteiger partial charge < -0.3 is 24.5 Å². The van der Waals surface area contributed by atoms with E-state index in [1.165, 1.54) is 6.33 Å². The van der Waals surface area contributed by atoms with E-state index in [-0.39, 0.29) is 24.7 Å². The number of benzene rings is 1. The third-order valence-corrected chi connectivity index (χ3v) is 5.03. The first-order valence-corrected chi connectivity index (χ1v) is 9.58. The molecule has 1 aliphatic heterocycles. The van der Waals surface area contributed by atoms with Gasteiger partial charge in [0.25, 0.3) is 0 Å². The Morgan fingerprint density at radius 3 is 2.38 bits per heavy atom. The maximum Gasteiger partial charge on any atom is 0.353 e. The minimum Gasteiger partial charge on any atom is -0.497 e. The molecule has 0 saturated carbocycles. The molecular formula is C19H26N6O4. The number of piperazine rings is 1. The fourth-order valence-corrected chi connectivity index (χ4v) is 3.49. The van der Waals surface area contributed by atoms with Gasteiger partial charge in [0.1, 0.15) is 12.1 Å². The van der Waals surface area contributed by atoms with E-state index < -0.39 is 4.92 Å². The number of rotatable bonds is 8. The lowest BCUT2D eigenvalue weighted by Gasteiger charge is -2.36. The molecule has 10 heteroatoms. The zero-order chi connectivity index (χ0) is 20.8. The molecular weight excluding hydrogens is 376 g/mol. The van der Waals surface area contributed by atoms with Gasteiger partial charge in [-0.1, -0.05) is 0 Å². The van der Waals surface area contributed by atoms with Crippen LogP contribution in [-0.2, 0) is 0 Å². The van der Waals surface area contributed by atoms with E-state index in [2.05, 4.69) is 14.9 Å². The maximum atomic E-state index is 11.8. The monoisotopic (exact) mass is 402 g/mol. The maximum absolute atomic E-state index is 11.8. The van der Waals surface area contributed by atoms with Gasteiger partial charge in [-0.15, -0.1) is 0 Å². The average molecular weight is 402 g/mol. The number of nitro groups is 1. The Bertz CT molecular complexity index is 824. The number of methoxy groups -OCH3 is 1. The van der Waals surface area contributed by atoms with Gasteiger partial charge in [-0.25, -0.2) is 9.97 Å². The molecule has 2 heterocycles. The second kappa shape index (κ2) is 9.37. The van der Waals surface area contributed by atoms with Gasteiger partial charge in [-0.3, -0.25) is 10.1 Å². The molecule has 0 unspecified atom stereocenters. The summed E-state index contributed by atoms with van der Waals surface area (Å²) in [4.78, 5) is 25.6. The molecule has 156 valence electrons. The van der Waals surface area contributed by atoms with Crippen LogP contribution >= 0.6 is 0 Å². The van der Waals surface area contributed by atoms with Crippen molar-refractivity contribution in [3.63, 3.8) is 0 Å². The van der Waals surface area contributed by atoms with Gasteiger partial charge >= 0.3 is 5.69 Å². The van der Waals surface area contributed by atoms with Crippen molar-refractivity contribution in [1.29, 1.82) is 0 Å². The normalized spacial score (nSPS) is 14.0. The molecule has 0 spiro atoms. The second-order valence-corrected chi connectivity index (χ2v) is 6.60. The Morgan fingerprint density at radius 1 is 1.17 bits per heavy atom. The number of hydrogen-bond acceptors (Lipinski definition) is 9. The van der Waals surface area contributed by atoms with Crippen molar-refractivity contribution in [2.24, 2.45) is 0 Å². The molecule has 29 heavy (non-hydrogen) atoms. The van der Waals surface area contributed by atoms with Crippen molar-refractivity contribution < 1.29 is 14.8 Å². The summed E-state index contributed by atoms with van der Waals surface area (Å²) in [5.74, 6) is 1.37. The van der Waals surface area contributed by atoms with Gasteiger partial charge in [0.2, 0.25) is 11.6 Å². The average Bonchev–Trinajstić information content (AvgIpc) is 2.77.